The Labute approximate surface area is 173 Å². The average molecular weight is 467 g/mol. The Bertz CT molecular complexity index is 677. The molecule has 1 atom stereocenters. The lowest BCUT2D eigenvalue weighted by molar-refractivity contribution is -0.120. The van der Waals surface area contributed by atoms with Crippen LogP contribution in [0.1, 0.15) is 18.5 Å². The molecule has 0 saturated carbocycles. The van der Waals surface area contributed by atoms with Crippen molar-refractivity contribution in [2.45, 2.75) is 19.3 Å². The number of rotatable bonds is 5. The van der Waals surface area contributed by atoms with E-state index in [1.54, 1.807) is 11.3 Å². The Kier molecular flexibility index (Phi) is 9.97. The van der Waals surface area contributed by atoms with E-state index in [0.29, 0.717) is 12.3 Å². The number of carbonyl (C=O) groups is 1. The van der Waals surface area contributed by atoms with Gasteiger partial charge in [0.05, 0.1) is 12.1 Å². The maximum absolute atomic E-state index is 12.1. The molecule has 1 aromatic carbocycles. The molecule has 0 bridgehead atoms. The van der Waals surface area contributed by atoms with Crippen LogP contribution in [0, 0.1) is 5.92 Å². The number of halogens is 3. The van der Waals surface area contributed by atoms with Crippen molar-refractivity contribution < 1.29 is 4.79 Å². The fourth-order valence-electron chi connectivity index (χ4n) is 2.73. The lowest BCUT2D eigenvalue weighted by Gasteiger charge is -2.22. The second-order valence-corrected chi connectivity index (χ2v) is 7.62. The minimum Gasteiger partial charge on any atom is -0.355 e. The van der Waals surface area contributed by atoms with E-state index in [4.69, 9.17) is 0 Å². The lowest BCUT2D eigenvalue weighted by atomic mass is 10.00. The fraction of sp³-hybridized carbons (Fsp3) is 0.412. The van der Waals surface area contributed by atoms with Crippen LogP contribution in [-0.2, 0) is 11.2 Å². The molecule has 2 heterocycles. The van der Waals surface area contributed by atoms with E-state index in [2.05, 4.69) is 31.5 Å². The number of thiazole rings is 1. The van der Waals surface area contributed by atoms with Crippen LogP contribution >= 0.6 is 52.1 Å². The van der Waals surface area contributed by atoms with Crippen LogP contribution in [0.15, 0.2) is 34.1 Å². The molecule has 138 valence electrons. The SMILES string of the molecule is Cl.Cl.O=C(Cc1csc(-c2cccc(Br)c2)n1)NCC1CCCNC1. The molecule has 8 heteroatoms. The number of nitrogens with zero attached hydrogens (tertiary/aromatic N) is 1. The van der Waals surface area contributed by atoms with Crippen molar-refractivity contribution in [2.75, 3.05) is 19.6 Å². The molecule has 1 aliphatic rings. The van der Waals surface area contributed by atoms with Gasteiger partial charge in [-0.1, -0.05) is 28.1 Å². The van der Waals surface area contributed by atoms with Gasteiger partial charge in [0.15, 0.2) is 0 Å². The summed E-state index contributed by atoms with van der Waals surface area (Å²) in [5.74, 6) is 0.613. The van der Waals surface area contributed by atoms with Crippen LogP contribution in [0.4, 0.5) is 0 Å². The maximum Gasteiger partial charge on any atom is 0.226 e. The van der Waals surface area contributed by atoms with Crippen molar-refractivity contribution >= 4 is 58.0 Å². The van der Waals surface area contributed by atoms with E-state index < -0.39 is 0 Å². The van der Waals surface area contributed by atoms with E-state index in [1.165, 1.54) is 12.8 Å². The van der Waals surface area contributed by atoms with Crippen molar-refractivity contribution in [3.8, 4) is 10.6 Å². The number of piperidine rings is 1. The summed E-state index contributed by atoms with van der Waals surface area (Å²) in [6.45, 7) is 2.86. The zero-order valence-corrected chi connectivity index (χ0v) is 17.7. The molecule has 0 aliphatic carbocycles. The summed E-state index contributed by atoms with van der Waals surface area (Å²) in [7, 11) is 0. The Morgan fingerprint density at radius 3 is 2.96 bits per heavy atom. The molecule has 25 heavy (non-hydrogen) atoms. The van der Waals surface area contributed by atoms with Gasteiger partial charge in [-0.25, -0.2) is 4.98 Å². The Balaban J connectivity index is 0.00000156. The minimum absolute atomic E-state index is 0. The molecule has 1 unspecified atom stereocenters. The third-order valence-electron chi connectivity index (χ3n) is 3.95. The van der Waals surface area contributed by atoms with Crippen molar-refractivity contribution in [3.63, 3.8) is 0 Å². The zero-order chi connectivity index (χ0) is 16.1. The summed E-state index contributed by atoms with van der Waals surface area (Å²) < 4.78 is 1.03. The molecule has 1 saturated heterocycles. The molecule has 3 rings (SSSR count). The van der Waals surface area contributed by atoms with E-state index in [9.17, 15) is 4.79 Å². The zero-order valence-electron chi connectivity index (χ0n) is 13.7. The molecular formula is C17H22BrCl2N3OS. The second-order valence-electron chi connectivity index (χ2n) is 5.85. The third-order valence-corrected chi connectivity index (χ3v) is 5.39. The molecule has 1 amide bonds. The molecule has 2 N–H and O–H groups in total. The van der Waals surface area contributed by atoms with E-state index >= 15 is 0 Å². The first kappa shape index (κ1) is 22.4. The van der Waals surface area contributed by atoms with Crippen LogP contribution < -0.4 is 10.6 Å². The highest BCUT2D eigenvalue weighted by Gasteiger charge is 2.15. The van der Waals surface area contributed by atoms with Crippen LogP contribution in [0.2, 0.25) is 0 Å². The quantitative estimate of drug-likeness (QED) is 0.698. The monoisotopic (exact) mass is 465 g/mol. The fourth-order valence-corrected chi connectivity index (χ4v) is 3.94. The van der Waals surface area contributed by atoms with Gasteiger partial charge in [-0.05, 0) is 44.0 Å². The second kappa shape index (κ2) is 11.1. The van der Waals surface area contributed by atoms with Gasteiger partial charge < -0.3 is 10.6 Å². The lowest BCUT2D eigenvalue weighted by Crippen LogP contribution is -2.38. The molecule has 1 aliphatic heterocycles. The largest absolute Gasteiger partial charge is 0.355 e. The highest BCUT2D eigenvalue weighted by atomic mass is 79.9. The number of carbonyl (C=O) groups excluding carboxylic acids is 1. The first-order valence-electron chi connectivity index (χ1n) is 7.88. The molecule has 1 aromatic heterocycles. The summed E-state index contributed by atoms with van der Waals surface area (Å²) >= 11 is 5.05. The standard InChI is InChI=1S/C17H20BrN3OS.2ClH/c18-14-5-1-4-13(7-14)17-21-15(11-23-17)8-16(22)20-10-12-3-2-6-19-9-12;;/h1,4-5,7,11-12,19H,2-3,6,8-10H2,(H,20,22);2*1H. The number of aromatic nitrogens is 1. The van der Waals surface area contributed by atoms with Gasteiger partial charge in [-0.2, -0.15) is 0 Å². The summed E-state index contributed by atoms with van der Waals surface area (Å²) in [5, 5.41) is 9.33. The smallest absolute Gasteiger partial charge is 0.226 e. The molecule has 4 nitrogen and oxygen atoms in total. The van der Waals surface area contributed by atoms with E-state index in [1.807, 2.05) is 29.6 Å². The van der Waals surface area contributed by atoms with Crippen LogP contribution in [-0.4, -0.2) is 30.5 Å². The summed E-state index contributed by atoms with van der Waals surface area (Å²) in [6, 6.07) is 8.05. The van der Waals surface area contributed by atoms with Crippen molar-refractivity contribution in [1.29, 1.82) is 0 Å². The molecule has 2 aromatic rings. The van der Waals surface area contributed by atoms with Gasteiger partial charge in [0.1, 0.15) is 5.01 Å². The predicted molar refractivity (Wildman–Crippen MR) is 112 cm³/mol. The van der Waals surface area contributed by atoms with Gasteiger partial charge in [0, 0.05) is 22.0 Å². The van der Waals surface area contributed by atoms with Crippen molar-refractivity contribution in [3.05, 3.63) is 39.8 Å². The topological polar surface area (TPSA) is 54.0 Å². The Morgan fingerprint density at radius 2 is 2.24 bits per heavy atom. The number of hydrogen-bond acceptors (Lipinski definition) is 4. The summed E-state index contributed by atoms with van der Waals surface area (Å²) in [5.41, 5.74) is 1.91. The van der Waals surface area contributed by atoms with Crippen LogP contribution in [0.25, 0.3) is 10.6 Å². The predicted octanol–water partition coefficient (Wildman–Crippen LogP) is 4.07. The Morgan fingerprint density at radius 1 is 1.40 bits per heavy atom. The molecule has 1 fully saturated rings. The number of benzene rings is 1. The van der Waals surface area contributed by atoms with Gasteiger partial charge in [0.2, 0.25) is 5.91 Å². The number of nitrogens with one attached hydrogen (secondary N) is 2. The number of amides is 1. The molecule has 0 spiro atoms. The van der Waals surface area contributed by atoms with Crippen molar-refractivity contribution in [2.24, 2.45) is 5.92 Å². The average Bonchev–Trinajstić information content (AvgIpc) is 3.02. The van der Waals surface area contributed by atoms with Gasteiger partial charge in [-0.15, -0.1) is 36.2 Å². The highest BCUT2D eigenvalue weighted by Crippen LogP contribution is 2.26. The van der Waals surface area contributed by atoms with Crippen LogP contribution in [0.5, 0.6) is 0 Å². The first-order chi connectivity index (χ1) is 11.2. The maximum atomic E-state index is 12.1. The highest BCUT2D eigenvalue weighted by molar-refractivity contribution is 9.10. The first-order valence-corrected chi connectivity index (χ1v) is 9.56. The van der Waals surface area contributed by atoms with E-state index in [-0.39, 0.29) is 30.7 Å². The normalized spacial score (nSPS) is 16.4. The summed E-state index contributed by atoms with van der Waals surface area (Å²) in [4.78, 5) is 16.7. The van der Waals surface area contributed by atoms with Gasteiger partial charge >= 0.3 is 0 Å². The van der Waals surface area contributed by atoms with Crippen molar-refractivity contribution in [1.82, 2.24) is 15.6 Å². The third kappa shape index (κ3) is 6.87. The van der Waals surface area contributed by atoms with Gasteiger partial charge in [0.25, 0.3) is 0 Å². The molecule has 0 radical (unpaired) electrons. The Hall–Kier alpha value is -0.660. The summed E-state index contributed by atoms with van der Waals surface area (Å²) in [6.07, 6.45) is 2.74. The van der Waals surface area contributed by atoms with Gasteiger partial charge in [-0.3, -0.25) is 4.79 Å². The number of hydrogen-bond donors (Lipinski definition) is 2. The minimum atomic E-state index is 0. The van der Waals surface area contributed by atoms with E-state index in [0.717, 1.165) is 40.4 Å². The molecular weight excluding hydrogens is 445 g/mol. The van der Waals surface area contributed by atoms with Crippen LogP contribution in [0.3, 0.4) is 0 Å².